The van der Waals surface area contributed by atoms with Gasteiger partial charge in [0.15, 0.2) is 11.5 Å². The number of esters is 1. The average molecular weight is 298 g/mol. The Morgan fingerprint density at radius 2 is 1.86 bits per heavy atom. The Balaban J connectivity index is 1.95. The summed E-state index contributed by atoms with van der Waals surface area (Å²) in [6.45, 7) is 3.92. The first-order valence-corrected chi connectivity index (χ1v) is 7.01. The molecule has 0 aliphatic carbocycles. The maximum absolute atomic E-state index is 10.9. The van der Waals surface area contributed by atoms with E-state index in [9.17, 15) is 9.90 Å². The Labute approximate surface area is 129 Å². The number of para-hydroxylation sites is 1. The Bertz CT molecular complexity index is 635. The van der Waals surface area contributed by atoms with Gasteiger partial charge in [-0.3, -0.25) is 0 Å². The van der Waals surface area contributed by atoms with E-state index in [0.717, 1.165) is 17.2 Å². The molecule has 0 saturated heterocycles. The number of phenolic OH excluding ortho intramolecular Hbond substituents is 1. The SMILES string of the molecule is C=CC(=O)OCCCOc1cccc(-c2ccccc2)c1O. The smallest absolute Gasteiger partial charge is 0.330 e. The Hall–Kier alpha value is -2.75. The van der Waals surface area contributed by atoms with Crippen LogP contribution in [0.15, 0.2) is 61.2 Å². The fourth-order valence-electron chi connectivity index (χ4n) is 1.96. The van der Waals surface area contributed by atoms with Gasteiger partial charge in [-0.05, 0) is 11.6 Å². The van der Waals surface area contributed by atoms with E-state index in [-0.39, 0.29) is 12.4 Å². The van der Waals surface area contributed by atoms with Gasteiger partial charge in [-0.1, -0.05) is 49.0 Å². The van der Waals surface area contributed by atoms with E-state index >= 15 is 0 Å². The summed E-state index contributed by atoms with van der Waals surface area (Å²) in [4.78, 5) is 10.9. The van der Waals surface area contributed by atoms with Gasteiger partial charge in [0.05, 0.1) is 13.2 Å². The van der Waals surface area contributed by atoms with Gasteiger partial charge in [0, 0.05) is 18.1 Å². The summed E-state index contributed by atoms with van der Waals surface area (Å²) in [5, 5.41) is 10.3. The van der Waals surface area contributed by atoms with E-state index in [1.165, 1.54) is 0 Å². The second kappa shape index (κ2) is 7.88. The molecule has 0 aliphatic heterocycles. The zero-order valence-electron chi connectivity index (χ0n) is 12.2. The van der Waals surface area contributed by atoms with Crippen LogP contribution in [0.1, 0.15) is 6.42 Å². The summed E-state index contributed by atoms with van der Waals surface area (Å²) in [5.41, 5.74) is 1.64. The van der Waals surface area contributed by atoms with Crippen molar-refractivity contribution in [3.8, 4) is 22.6 Å². The summed E-state index contributed by atoms with van der Waals surface area (Å²) in [6.07, 6.45) is 1.66. The molecule has 0 saturated carbocycles. The van der Waals surface area contributed by atoms with E-state index in [1.807, 2.05) is 42.5 Å². The maximum atomic E-state index is 10.9. The minimum absolute atomic E-state index is 0.108. The number of carbonyl (C=O) groups excluding carboxylic acids is 1. The molecule has 114 valence electrons. The summed E-state index contributed by atoms with van der Waals surface area (Å²) in [6, 6.07) is 15.0. The van der Waals surface area contributed by atoms with Crippen molar-refractivity contribution < 1.29 is 19.4 Å². The predicted molar refractivity (Wildman–Crippen MR) is 84.8 cm³/mol. The first kappa shape index (κ1) is 15.6. The molecule has 2 aromatic rings. The zero-order chi connectivity index (χ0) is 15.8. The van der Waals surface area contributed by atoms with Crippen molar-refractivity contribution in [2.45, 2.75) is 6.42 Å². The molecule has 22 heavy (non-hydrogen) atoms. The van der Waals surface area contributed by atoms with Gasteiger partial charge in [0.1, 0.15) is 0 Å². The number of phenols is 1. The first-order chi connectivity index (χ1) is 10.7. The second-order valence-corrected chi connectivity index (χ2v) is 4.59. The molecule has 4 heteroatoms. The number of ether oxygens (including phenoxy) is 2. The molecule has 0 spiro atoms. The van der Waals surface area contributed by atoms with Gasteiger partial charge in [-0.15, -0.1) is 0 Å². The third kappa shape index (κ3) is 4.12. The molecule has 4 nitrogen and oxygen atoms in total. The molecule has 0 atom stereocenters. The van der Waals surface area contributed by atoms with Gasteiger partial charge < -0.3 is 14.6 Å². The van der Waals surface area contributed by atoms with Crippen LogP contribution in [0.25, 0.3) is 11.1 Å². The molecule has 1 N–H and O–H groups in total. The predicted octanol–water partition coefficient (Wildman–Crippen LogP) is 3.56. The van der Waals surface area contributed by atoms with Crippen LogP contribution in [0.2, 0.25) is 0 Å². The lowest BCUT2D eigenvalue weighted by Crippen LogP contribution is -2.06. The first-order valence-electron chi connectivity index (χ1n) is 7.01. The van der Waals surface area contributed by atoms with Crippen LogP contribution in [-0.4, -0.2) is 24.3 Å². The van der Waals surface area contributed by atoms with E-state index < -0.39 is 5.97 Å². The number of hydrogen-bond acceptors (Lipinski definition) is 4. The number of hydrogen-bond donors (Lipinski definition) is 1. The Morgan fingerprint density at radius 3 is 2.59 bits per heavy atom. The van der Waals surface area contributed by atoms with Crippen molar-refractivity contribution in [2.75, 3.05) is 13.2 Å². The molecule has 0 aliphatic rings. The summed E-state index contributed by atoms with van der Waals surface area (Å²) >= 11 is 0. The highest BCUT2D eigenvalue weighted by Crippen LogP contribution is 2.36. The third-order valence-corrected chi connectivity index (χ3v) is 3.04. The van der Waals surface area contributed by atoms with Crippen LogP contribution < -0.4 is 4.74 Å². The lowest BCUT2D eigenvalue weighted by atomic mass is 10.0. The van der Waals surface area contributed by atoms with Gasteiger partial charge in [-0.2, -0.15) is 0 Å². The van der Waals surface area contributed by atoms with E-state index in [4.69, 9.17) is 9.47 Å². The fourth-order valence-corrected chi connectivity index (χ4v) is 1.96. The lowest BCUT2D eigenvalue weighted by molar-refractivity contribution is -0.137. The molecule has 0 amide bonds. The second-order valence-electron chi connectivity index (χ2n) is 4.59. The van der Waals surface area contributed by atoms with Crippen molar-refractivity contribution in [2.24, 2.45) is 0 Å². The minimum Gasteiger partial charge on any atom is -0.504 e. The van der Waals surface area contributed by atoms with E-state index in [0.29, 0.717) is 18.8 Å². The summed E-state index contributed by atoms with van der Waals surface area (Å²) in [7, 11) is 0. The number of aromatic hydroxyl groups is 1. The van der Waals surface area contributed by atoms with Gasteiger partial charge >= 0.3 is 5.97 Å². The van der Waals surface area contributed by atoms with Crippen molar-refractivity contribution in [3.63, 3.8) is 0 Å². The molecule has 0 radical (unpaired) electrons. The number of rotatable bonds is 7. The molecule has 0 heterocycles. The van der Waals surface area contributed by atoms with Gasteiger partial charge in [-0.25, -0.2) is 4.79 Å². The molecule has 0 aromatic heterocycles. The largest absolute Gasteiger partial charge is 0.504 e. The highest BCUT2D eigenvalue weighted by Gasteiger charge is 2.09. The topological polar surface area (TPSA) is 55.8 Å². The third-order valence-electron chi connectivity index (χ3n) is 3.04. The number of benzene rings is 2. The fraction of sp³-hybridized carbons (Fsp3) is 0.167. The monoisotopic (exact) mass is 298 g/mol. The maximum Gasteiger partial charge on any atom is 0.330 e. The lowest BCUT2D eigenvalue weighted by Gasteiger charge is -2.11. The normalized spacial score (nSPS) is 10.0. The molecule has 2 rings (SSSR count). The average Bonchev–Trinajstić information content (AvgIpc) is 2.56. The molecule has 2 aromatic carbocycles. The highest BCUT2D eigenvalue weighted by molar-refractivity contribution is 5.81. The zero-order valence-corrected chi connectivity index (χ0v) is 12.2. The van der Waals surface area contributed by atoms with Crippen LogP contribution in [-0.2, 0) is 9.53 Å². The molecule has 0 unspecified atom stereocenters. The van der Waals surface area contributed by atoms with Crippen molar-refractivity contribution >= 4 is 5.97 Å². The van der Waals surface area contributed by atoms with Crippen LogP contribution in [0.5, 0.6) is 11.5 Å². The standard InChI is InChI=1S/C18H18O4/c1-2-17(19)22-13-7-12-21-16-11-6-10-15(18(16)20)14-8-4-3-5-9-14/h2-6,8-11,20H,1,7,12-13H2. The van der Waals surface area contributed by atoms with E-state index in [1.54, 1.807) is 6.07 Å². The van der Waals surface area contributed by atoms with Crippen molar-refractivity contribution in [1.82, 2.24) is 0 Å². The molecular weight excluding hydrogens is 280 g/mol. The van der Waals surface area contributed by atoms with Gasteiger partial charge in [0.25, 0.3) is 0 Å². The highest BCUT2D eigenvalue weighted by atomic mass is 16.5. The quantitative estimate of drug-likeness (QED) is 0.482. The molecule has 0 bridgehead atoms. The summed E-state index contributed by atoms with van der Waals surface area (Å²) < 4.78 is 10.4. The van der Waals surface area contributed by atoms with Crippen molar-refractivity contribution in [1.29, 1.82) is 0 Å². The minimum atomic E-state index is -0.450. The van der Waals surface area contributed by atoms with Crippen LogP contribution in [0.4, 0.5) is 0 Å². The van der Waals surface area contributed by atoms with Crippen molar-refractivity contribution in [3.05, 3.63) is 61.2 Å². The summed E-state index contributed by atoms with van der Waals surface area (Å²) in [5.74, 6) is 0.0714. The number of carbonyl (C=O) groups is 1. The Kier molecular flexibility index (Phi) is 5.60. The Morgan fingerprint density at radius 1 is 1.09 bits per heavy atom. The molecular formula is C18H18O4. The van der Waals surface area contributed by atoms with Crippen LogP contribution in [0.3, 0.4) is 0 Å². The van der Waals surface area contributed by atoms with Gasteiger partial charge in [0.2, 0.25) is 0 Å². The van der Waals surface area contributed by atoms with E-state index in [2.05, 4.69) is 6.58 Å². The van der Waals surface area contributed by atoms with Crippen LogP contribution >= 0.6 is 0 Å². The van der Waals surface area contributed by atoms with Crippen LogP contribution in [0, 0.1) is 0 Å². The molecule has 0 fully saturated rings.